The van der Waals surface area contributed by atoms with Crippen molar-refractivity contribution in [3.05, 3.63) is 78.0 Å². The number of ether oxygens (including phenoxy) is 1. The summed E-state index contributed by atoms with van der Waals surface area (Å²) in [4.78, 5) is 16.4. The van der Waals surface area contributed by atoms with E-state index in [1.54, 1.807) is 25.3 Å². The van der Waals surface area contributed by atoms with Gasteiger partial charge in [0.15, 0.2) is 0 Å². The Kier molecular flexibility index (Phi) is 5.49. The van der Waals surface area contributed by atoms with E-state index in [9.17, 15) is 18.0 Å². The number of hydrogen-bond acceptors (Lipinski definition) is 4. The van der Waals surface area contributed by atoms with Crippen molar-refractivity contribution in [2.75, 3.05) is 17.7 Å². The lowest BCUT2D eigenvalue weighted by molar-refractivity contribution is -0.137. The average molecular weight is 387 g/mol. The zero-order valence-corrected chi connectivity index (χ0v) is 14.7. The number of hydrogen-bond donors (Lipinski definition) is 2. The highest BCUT2D eigenvalue weighted by atomic mass is 19.4. The molecule has 1 amide bonds. The number of carbonyl (C=O) groups excluding carboxylic acids is 1. The maximum Gasteiger partial charge on any atom is 0.416 e. The zero-order chi connectivity index (χ0) is 20.1. The lowest BCUT2D eigenvalue weighted by Gasteiger charge is -2.10. The Labute approximate surface area is 159 Å². The molecular formula is C20H16F3N3O2. The summed E-state index contributed by atoms with van der Waals surface area (Å²) in [6.45, 7) is 0. The first kappa shape index (κ1) is 19.2. The average Bonchev–Trinajstić information content (AvgIpc) is 2.68. The maximum absolute atomic E-state index is 12.8. The van der Waals surface area contributed by atoms with Gasteiger partial charge in [0.05, 0.1) is 18.2 Å². The molecule has 0 fully saturated rings. The van der Waals surface area contributed by atoms with Gasteiger partial charge >= 0.3 is 6.18 Å². The Hall–Kier alpha value is -3.55. The molecule has 0 bridgehead atoms. The fraction of sp³-hybridized carbons (Fsp3) is 0.100. The number of halogens is 3. The zero-order valence-electron chi connectivity index (χ0n) is 14.7. The summed E-state index contributed by atoms with van der Waals surface area (Å²) < 4.78 is 43.4. The van der Waals surface area contributed by atoms with Crippen molar-refractivity contribution in [2.24, 2.45) is 0 Å². The summed E-state index contributed by atoms with van der Waals surface area (Å²) in [5.41, 5.74) is 0.196. The fourth-order valence-corrected chi connectivity index (χ4v) is 2.43. The van der Waals surface area contributed by atoms with Gasteiger partial charge in [-0.15, -0.1) is 0 Å². The minimum Gasteiger partial charge on any atom is -0.497 e. The number of anilines is 3. The van der Waals surface area contributed by atoms with Crippen LogP contribution in [-0.4, -0.2) is 18.0 Å². The minimum atomic E-state index is -4.48. The number of nitrogens with zero attached hydrogens (tertiary/aromatic N) is 1. The largest absolute Gasteiger partial charge is 0.497 e. The lowest BCUT2D eigenvalue weighted by Crippen LogP contribution is -2.13. The lowest BCUT2D eigenvalue weighted by atomic mass is 10.2. The van der Waals surface area contributed by atoms with Crippen LogP contribution in [0.15, 0.2) is 66.9 Å². The van der Waals surface area contributed by atoms with Crippen molar-refractivity contribution in [2.45, 2.75) is 6.18 Å². The van der Waals surface area contributed by atoms with Crippen LogP contribution in [-0.2, 0) is 6.18 Å². The van der Waals surface area contributed by atoms with Gasteiger partial charge in [-0.2, -0.15) is 13.2 Å². The first-order valence-electron chi connectivity index (χ1n) is 8.21. The van der Waals surface area contributed by atoms with Gasteiger partial charge in [0.1, 0.15) is 11.6 Å². The van der Waals surface area contributed by atoms with E-state index in [2.05, 4.69) is 15.6 Å². The fourth-order valence-electron chi connectivity index (χ4n) is 2.43. The van der Waals surface area contributed by atoms with Crippen molar-refractivity contribution in [3.63, 3.8) is 0 Å². The molecule has 1 heterocycles. The molecule has 2 aromatic carbocycles. The normalized spacial score (nSPS) is 11.0. The Morgan fingerprint density at radius 2 is 1.75 bits per heavy atom. The number of nitrogens with one attached hydrogen (secondary N) is 2. The van der Waals surface area contributed by atoms with Gasteiger partial charge < -0.3 is 15.4 Å². The molecule has 0 spiro atoms. The number of amides is 1. The van der Waals surface area contributed by atoms with Crippen LogP contribution in [0.3, 0.4) is 0 Å². The number of aromatic nitrogens is 1. The van der Waals surface area contributed by atoms with Gasteiger partial charge in [0.25, 0.3) is 5.91 Å². The molecule has 0 saturated heterocycles. The molecule has 0 aliphatic carbocycles. The molecule has 8 heteroatoms. The molecule has 5 nitrogen and oxygen atoms in total. The Bertz CT molecular complexity index is 973. The van der Waals surface area contributed by atoms with Crippen LogP contribution in [0.25, 0.3) is 0 Å². The molecule has 0 radical (unpaired) electrons. The monoisotopic (exact) mass is 387 g/mol. The molecule has 0 saturated carbocycles. The third-order valence-electron chi connectivity index (χ3n) is 3.82. The first-order valence-corrected chi connectivity index (χ1v) is 8.21. The molecule has 0 unspecified atom stereocenters. The first-order chi connectivity index (χ1) is 13.3. The predicted octanol–water partition coefficient (Wildman–Crippen LogP) is 5.10. The van der Waals surface area contributed by atoms with E-state index in [1.807, 2.05) is 12.1 Å². The van der Waals surface area contributed by atoms with Gasteiger partial charge in [-0.05, 0) is 42.5 Å². The van der Waals surface area contributed by atoms with Crippen molar-refractivity contribution in [1.29, 1.82) is 0 Å². The molecule has 28 heavy (non-hydrogen) atoms. The Morgan fingerprint density at radius 3 is 2.43 bits per heavy atom. The topological polar surface area (TPSA) is 63.2 Å². The van der Waals surface area contributed by atoms with E-state index in [1.165, 1.54) is 24.4 Å². The molecule has 0 aliphatic heterocycles. The minimum absolute atomic E-state index is 0.0541. The molecule has 3 aromatic rings. The van der Waals surface area contributed by atoms with Crippen LogP contribution in [0.4, 0.5) is 30.4 Å². The van der Waals surface area contributed by atoms with Crippen LogP contribution >= 0.6 is 0 Å². The second kappa shape index (κ2) is 7.99. The number of carbonyl (C=O) groups is 1. The molecular weight excluding hydrogens is 371 g/mol. The van der Waals surface area contributed by atoms with E-state index in [0.717, 1.165) is 17.8 Å². The smallest absolute Gasteiger partial charge is 0.416 e. The maximum atomic E-state index is 12.8. The van der Waals surface area contributed by atoms with Gasteiger partial charge in [0.2, 0.25) is 0 Å². The third kappa shape index (κ3) is 4.79. The van der Waals surface area contributed by atoms with E-state index in [4.69, 9.17) is 4.74 Å². The highest BCUT2D eigenvalue weighted by Gasteiger charge is 2.30. The highest BCUT2D eigenvalue weighted by molar-refractivity contribution is 6.04. The summed E-state index contributed by atoms with van der Waals surface area (Å²) >= 11 is 0. The quantitative estimate of drug-likeness (QED) is 0.639. The number of benzene rings is 2. The molecule has 0 atom stereocenters. The third-order valence-corrected chi connectivity index (χ3v) is 3.82. The van der Waals surface area contributed by atoms with Crippen LogP contribution in [0.2, 0.25) is 0 Å². The molecule has 1 aromatic heterocycles. The standard InChI is InChI=1S/C20H16F3N3O2/c1-28-17-7-3-6-16(11-17)25-18-9-8-13(12-24-18)19(27)26-15-5-2-4-14(10-15)20(21,22)23/h2-12H,1H3,(H,24,25)(H,26,27). The number of methoxy groups -OCH3 is 1. The summed E-state index contributed by atoms with van der Waals surface area (Å²) in [5.74, 6) is 0.630. The number of pyridine rings is 1. The Balaban J connectivity index is 1.68. The summed E-state index contributed by atoms with van der Waals surface area (Å²) in [7, 11) is 1.56. The summed E-state index contributed by atoms with van der Waals surface area (Å²) in [5, 5.41) is 5.51. The van der Waals surface area contributed by atoms with Crippen LogP contribution in [0.1, 0.15) is 15.9 Å². The van der Waals surface area contributed by atoms with Crippen molar-refractivity contribution < 1.29 is 22.7 Å². The SMILES string of the molecule is COc1cccc(Nc2ccc(C(=O)Nc3cccc(C(F)(F)F)c3)cn2)c1. The van der Waals surface area contributed by atoms with Crippen LogP contribution < -0.4 is 15.4 Å². The van der Waals surface area contributed by atoms with Gasteiger partial charge in [-0.3, -0.25) is 4.79 Å². The van der Waals surface area contributed by atoms with Gasteiger partial charge in [-0.1, -0.05) is 12.1 Å². The van der Waals surface area contributed by atoms with Gasteiger partial charge in [0, 0.05) is 23.6 Å². The van der Waals surface area contributed by atoms with Gasteiger partial charge in [-0.25, -0.2) is 4.98 Å². The molecule has 2 N–H and O–H groups in total. The second-order valence-corrected chi connectivity index (χ2v) is 5.82. The molecule has 144 valence electrons. The van der Waals surface area contributed by atoms with Crippen LogP contribution in [0, 0.1) is 0 Å². The predicted molar refractivity (Wildman–Crippen MR) is 99.9 cm³/mol. The second-order valence-electron chi connectivity index (χ2n) is 5.82. The van der Waals surface area contributed by atoms with E-state index < -0.39 is 17.6 Å². The Morgan fingerprint density at radius 1 is 1.00 bits per heavy atom. The van der Waals surface area contributed by atoms with E-state index in [0.29, 0.717) is 11.6 Å². The van der Waals surface area contributed by atoms with E-state index in [-0.39, 0.29) is 11.3 Å². The highest BCUT2D eigenvalue weighted by Crippen LogP contribution is 2.30. The van der Waals surface area contributed by atoms with E-state index >= 15 is 0 Å². The number of alkyl halides is 3. The van der Waals surface area contributed by atoms with Crippen molar-refractivity contribution in [1.82, 2.24) is 4.98 Å². The summed E-state index contributed by atoms with van der Waals surface area (Å²) in [6.07, 6.45) is -3.14. The van der Waals surface area contributed by atoms with Crippen molar-refractivity contribution >= 4 is 23.1 Å². The number of rotatable bonds is 5. The van der Waals surface area contributed by atoms with Crippen molar-refractivity contribution in [3.8, 4) is 5.75 Å². The molecule has 0 aliphatic rings. The van der Waals surface area contributed by atoms with Crippen LogP contribution in [0.5, 0.6) is 5.75 Å². The molecule has 3 rings (SSSR count). The summed E-state index contributed by atoms with van der Waals surface area (Å²) in [6, 6.07) is 14.8.